The third kappa shape index (κ3) is 4.84. The average molecular weight is 478 g/mol. The van der Waals surface area contributed by atoms with Crippen LogP contribution in [0.2, 0.25) is 0 Å². The van der Waals surface area contributed by atoms with Crippen molar-refractivity contribution in [3.8, 4) is 12.3 Å². The number of likely N-dealkylation sites (N-methyl/N-ethyl adjacent to an activating group) is 1. The summed E-state index contributed by atoms with van der Waals surface area (Å²) in [7, 11) is 2.16. The molecule has 2 aliphatic rings. The first-order chi connectivity index (χ1) is 16.9. The first-order valence-corrected chi connectivity index (χ1v) is 13.0. The molecule has 178 valence electrons. The Bertz CT molecular complexity index is 1340. The second-order valence-corrected chi connectivity index (χ2v) is 9.83. The van der Waals surface area contributed by atoms with Crippen molar-refractivity contribution in [3.05, 3.63) is 115 Å². The van der Waals surface area contributed by atoms with E-state index in [0.29, 0.717) is 0 Å². The summed E-state index contributed by atoms with van der Waals surface area (Å²) in [6.07, 6.45) is 16.6. The van der Waals surface area contributed by atoms with Crippen LogP contribution in [-0.2, 0) is 12.8 Å². The Labute approximate surface area is 217 Å². The molecule has 2 heteroatoms. The Morgan fingerprint density at radius 2 is 1.80 bits per heavy atom. The minimum absolute atomic E-state index is 0.865. The predicted molar refractivity (Wildman–Crippen MR) is 155 cm³/mol. The van der Waals surface area contributed by atoms with Gasteiger partial charge in [0.05, 0.1) is 5.70 Å². The number of hydrogen-bond donors (Lipinski definition) is 1. The van der Waals surface area contributed by atoms with Crippen LogP contribution in [0.5, 0.6) is 0 Å². The van der Waals surface area contributed by atoms with Gasteiger partial charge >= 0.3 is 0 Å². The smallest absolute Gasteiger partial charge is 0.0550 e. The summed E-state index contributed by atoms with van der Waals surface area (Å²) in [5.41, 5.74) is 13.5. The fourth-order valence-corrected chi connectivity index (χ4v) is 5.54. The average Bonchev–Trinajstić information content (AvgIpc) is 3.38. The summed E-state index contributed by atoms with van der Waals surface area (Å²) in [6, 6.07) is 15.3. The van der Waals surface area contributed by atoms with Crippen LogP contribution >= 0.6 is 12.6 Å². The number of aryl methyl sites for hydroxylation is 2. The Morgan fingerprint density at radius 1 is 1.06 bits per heavy atom. The van der Waals surface area contributed by atoms with Gasteiger partial charge in [-0.3, -0.25) is 0 Å². The van der Waals surface area contributed by atoms with E-state index in [2.05, 4.69) is 106 Å². The van der Waals surface area contributed by atoms with Crippen molar-refractivity contribution >= 4 is 24.3 Å². The Morgan fingerprint density at radius 3 is 2.46 bits per heavy atom. The summed E-state index contributed by atoms with van der Waals surface area (Å²) in [6.45, 7) is 8.76. The highest BCUT2D eigenvalue weighted by Gasteiger charge is 2.23. The van der Waals surface area contributed by atoms with Crippen LogP contribution in [0, 0.1) is 19.3 Å². The molecule has 0 aliphatic heterocycles. The highest BCUT2D eigenvalue weighted by Crippen LogP contribution is 2.38. The molecule has 2 aromatic rings. The van der Waals surface area contributed by atoms with Gasteiger partial charge in [0, 0.05) is 35.2 Å². The summed E-state index contributed by atoms with van der Waals surface area (Å²) in [4.78, 5) is 3.25. The monoisotopic (exact) mass is 477 g/mol. The van der Waals surface area contributed by atoms with Gasteiger partial charge in [0.2, 0.25) is 0 Å². The molecule has 0 bridgehead atoms. The van der Waals surface area contributed by atoms with Crippen molar-refractivity contribution in [1.29, 1.82) is 0 Å². The molecule has 4 rings (SSSR count). The van der Waals surface area contributed by atoms with Crippen LogP contribution in [0.15, 0.2) is 87.6 Å². The third-order valence-electron chi connectivity index (χ3n) is 7.33. The molecule has 0 radical (unpaired) electrons. The molecular weight excluding hydrogens is 442 g/mol. The molecule has 0 N–H and O–H groups in total. The summed E-state index contributed by atoms with van der Waals surface area (Å²) in [5.74, 6) is 3.02. The number of allylic oxidation sites excluding steroid dienone is 6. The van der Waals surface area contributed by atoms with E-state index in [4.69, 9.17) is 19.1 Å². The van der Waals surface area contributed by atoms with Gasteiger partial charge in [0.1, 0.15) is 0 Å². The first-order valence-electron chi connectivity index (χ1n) is 12.5. The van der Waals surface area contributed by atoms with Crippen molar-refractivity contribution < 1.29 is 0 Å². The van der Waals surface area contributed by atoms with Crippen molar-refractivity contribution in [1.82, 2.24) is 4.90 Å². The highest BCUT2D eigenvalue weighted by molar-refractivity contribution is 7.84. The predicted octanol–water partition coefficient (Wildman–Crippen LogP) is 8.30. The van der Waals surface area contributed by atoms with Gasteiger partial charge in [-0.15, -0.1) is 19.1 Å². The van der Waals surface area contributed by atoms with Gasteiger partial charge in [0.25, 0.3) is 0 Å². The molecule has 0 amide bonds. The zero-order valence-corrected chi connectivity index (χ0v) is 22.5. The first kappa shape index (κ1) is 25.0. The SMILES string of the molecule is C#CC1=C(/CC)Cc2cc(CC)c(C)cc2/C=C(N(C)C2=C(c3ccccc3)C=CC2)/C(S)=C\1C. The molecule has 2 aliphatic carbocycles. The topological polar surface area (TPSA) is 3.24 Å². The number of terminal acetylenes is 1. The lowest BCUT2D eigenvalue weighted by atomic mass is 9.90. The number of thiol groups is 1. The summed E-state index contributed by atoms with van der Waals surface area (Å²) in [5, 5.41) is 0. The van der Waals surface area contributed by atoms with E-state index < -0.39 is 0 Å². The minimum atomic E-state index is 0.865. The van der Waals surface area contributed by atoms with E-state index in [1.807, 2.05) is 0 Å². The summed E-state index contributed by atoms with van der Waals surface area (Å²) >= 11 is 5.11. The second-order valence-electron chi connectivity index (χ2n) is 9.38. The van der Waals surface area contributed by atoms with E-state index in [1.165, 1.54) is 44.7 Å². The quantitative estimate of drug-likeness (QED) is 0.335. The van der Waals surface area contributed by atoms with E-state index >= 15 is 0 Å². The maximum absolute atomic E-state index is 6.11. The Kier molecular flexibility index (Phi) is 7.58. The lowest BCUT2D eigenvalue weighted by Gasteiger charge is -2.27. The number of fused-ring (bicyclic) bond motifs is 1. The maximum Gasteiger partial charge on any atom is 0.0550 e. The number of benzene rings is 2. The van der Waals surface area contributed by atoms with E-state index in [1.54, 1.807) is 0 Å². The number of hydrogen-bond acceptors (Lipinski definition) is 2. The van der Waals surface area contributed by atoms with Gasteiger partial charge in [-0.1, -0.05) is 80.0 Å². The molecule has 0 heterocycles. The molecule has 0 aromatic heterocycles. The van der Waals surface area contributed by atoms with E-state index in [0.717, 1.165) is 47.4 Å². The van der Waals surface area contributed by atoms with Crippen LogP contribution in [0.4, 0.5) is 0 Å². The zero-order valence-electron chi connectivity index (χ0n) is 21.6. The van der Waals surface area contributed by atoms with Crippen LogP contribution in [0.3, 0.4) is 0 Å². The maximum atomic E-state index is 6.11. The number of nitrogens with zero attached hydrogens (tertiary/aromatic N) is 1. The van der Waals surface area contributed by atoms with Crippen LogP contribution in [0.25, 0.3) is 11.6 Å². The van der Waals surface area contributed by atoms with Crippen LogP contribution in [-0.4, -0.2) is 11.9 Å². The van der Waals surface area contributed by atoms with Crippen molar-refractivity contribution in [2.24, 2.45) is 0 Å². The zero-order chi connectivity index (χ0) is 25.1. The van der Waals surface area contributed by atoms with Gasteiger partial charge < -0.3 is 4.90 Å². The molecule has 0 saturated carbocycles. The standard InChI is InChI=1S/C33H35NS/c1-7-24-19-28-20-25(8-2)29(9-3)23(5)33(35)32(21-27(28)18-22(24)4)34(6)31-17-13-16-30(31)26-14-11-10-12-15-26/h3,10-16,18-19,21,35H,7-8,17,20H2,1-2,4-6H3/b29-25+,32-21-,33-23+. The van der Waals surface area contributed by atoms with Gasteiger partial charge in [0.15, 0.2) is 0 Å². The second kappa shape index (κ2) is 10.6. The fourth-order valence-electron chi connectivity index (χ4n) is 5.21. The van der Waals surface area contributed by atoms with Crippen LogP contribution in [0.1, 0.15) is 61.4 Å². The minimum Gasteiger partial charge on any atom is -0.346 e. The molecule has 0 spiro atoms. The van der Waals surface area contributed by atoms with Gasteiger partial charge in [-0.05, 0) is 72.6 Å². The van der Waals surface area contributed by atoms with E-state index in [9.17, 15) is 0 Å². The molecule has 2 aromatic carbocycles. The Hall–Kier alpha value is -3.15. The lowest BCUT2D eigenvalue weighted by molar-refractivity contribution is 0.531. The normalized spacial score (nSPS) is 21.6. The molecule has 1 nitrogen and oxygen atoms in total. The lowest BCUT2D eigenvalue weighted by Crippen LogP contribution is -2.18. The van der Waals surface area contributed by atoms with E-state index in [-0.39, 0.29) is 0 Å². The molecule has 0 unspecified atom stereocenters. The van der Waals surface area contributed by atoms with Gasteiger partial charge in [-0.25, -0.2) is 0 Å². The highest BCUT2D eigenvalue weighted by atomic mass is 32.1. The van der Waals surface area contributed by atoms with Crippen molar-refractivity contribution in [3.63, 3.8) is 0 Å². The molecular formula is C33H35NS. The molecule has 35 heavy (non-hydrogen) atoms. The number of rotatable bonds is 5. The van der Waals surface area contributed by atoms with Crippen LogP contribution < -0.4 is 0 Å². The molecule has 0 atom stereocenters. The van der Waals surface area contributed by atoms with Gasteiger partial charge in [-0.2, -0.15) is 0 Å². The molecule has 0 saturated heterocycles. The van der Waals surface area contributed by atoms with Crippen molar-refractivity contribution in [2.75, 3.05) is 7.05 Å². The fraction of sp³-hybridized carbons (Fsp3) is 0.273. The third-order valence-corrected chi connectivity index (χ3v) is 7.89. The largest absolute Gasteiger partial charge is 0.346 e. The van der Waals surface area contributed by atoms with Crippen molar-refractivity contribution in [2.45, 2.75) is 53.4 Å². The summed E-state index contributed by atoms with van der Waals surface area (Å²) < 4.78 is 0. The Balaban J connectivity index is 1.97. The molecule has 0 fully saturated rings.